The van der Waals surface area contributed by atoms with Crippen molar-refractivity contribution in [3.05, 3.63) is 41.2 Å². The van der Waals surface area contributed by atoms with Gasteiger partial charge >= 0.3 is 0 Å². The summed E-state index contributed by atoms with van der Waals surface area (Å²) in [5.41, 5.74) is 2.00. The van der Waals surface area contributed by atoms with Crippen molar-refractivity contribution < 1.29 is 13.7 Å². The lowest BCUT2D eigenvalue weighted by atomic mass is 10.3. The standard InChI is InChI=1S/C15H14ClN3O3S/c1-21-13-5-6-17-12(14(13)22-2)8-23(20)15-18-10-4-3-9(16)7-11(10)19-15/h3-7H,8H2,1-2H3,(H,18,19). The molecule has 0 saturated heterocycles. The molecule has 120 valence electrons. The van der Waals surface area contributed by atoms with Gasteiger partial charge in [-0.15, -0.1) is 0 Å². The van der Waals surface area contributed by atoms with Crippen molar-refractivity contribution >= 4 is 33.4 Å². The lowest BCUT2D eigenvalue weighted by molar-refractivity contribution is 0.350. The molecule has 1 N–H and O–H groups in total. The highest BCUT2D eigenvalue weighted by Crippen LogP contribution is 2.30. The van der Waals surface area contributed by atoms with Crippen LogP contribution >= 0.6 is 11.6 Å². The molecule has 0 aliphatic heterocycles. The average molecular weight is 352 g/mol. The number of rotatable bonds is 5. The number of pyridine rings is 1. The van der Waals surface area contributed by atoms with Gasteiger partial charge in [-0.05, 0) is 18.2 Å². The van der Waals surface area contributed by atoms with Gasteiger partial charge in [-0.3, -0.25) is 9.19 Å². The topological polar surface area (TPSA) is 77.1 Å². The van der Waals surface area contributed by atoms with Crippen LogP contribution in [0.3, 0.4) is 0 Å². The third-order valence-electron chi connectivity index (χ3n) is 3.27. The largest absolute Gasteiger partial charge is 0.493 e. The number of H-pyrrole nitrogens is 1. The van der Waals surface area contributed by atoms with Gasteiger partial charge in [0.2, 0.25) is 0 Å². The van der Waals surface area contributed by atoms with Crippen molar-refractivity contribution in [2.45, 2.75) is 10.9 Å². The highest BCUT2D eigenvalue weighted by atomic mass is 35.5. The van der Waals surface area contributed by atoms with E-state index in [1.807, 2.05) is 0 Å². The fourth-order valence-electron chi connectivity index (χ4n) is 2.21. The number of benzene rings is 1. The number of imidazole rings is 1. The molecule has 0 aliphatic rings. The van der Waals surface area contributed by atoms with Gasteiger partial charge in [-0.1, -0.05) is 11.6 Å². The van der Waals surface area contributed by atoms with Crippen LogP contribution in [0.25, 0.3) is 11.0 Å². The smallest absolute Gasteiger partial charge is 0.197 e. The second kappa shape index (κ2) is 6.55. The van der Waals surface area contributed by atoms with E-state index in [0.717, 1.165) is 5.52 Å². The number of fused-ring (bicyclic) bond motifs is 1. The van der Waals surface area contributed by atoms with Crippen LogP contribution in [-0.4, -0.2) is 33.4 Å². The van der Waals surface area contributed by atoms with E-state index in [4.69, 9.17) is 21.1 Å². The van der Waals surface area contributed by atoms with Gasteiger partial charge in [0.05, 0.1) is 47.5 Å². The average Bonchev–Trinajstić information content (AvgIpc) is 2.97. The first-order chi connectivity index (χ1) is 11.1. The normalized spacial score (nSPS) is 12.3. The summed E-state index contributed by atoms with van der Waals surface area (Å²) in [5.74, 6) is 1.18. The van der Waals surface area contributed by atoms with Gasteiger partial charge in [-0.2, -0.15) is 0 Å². The van der Waals surface area contributed by atoms with Crippen LogP contribution in [0.2, 0.25) is 5.02 Å². The SMILES string of the molecule is COc1ccnc(CS(=O)c2nc3ccc(Cl)cc3[nH]2)c1OC. The molecule has 1 unspecified atom stereocenters. The first-order valence-electron chi connectivity index (χ1n) is 6.72. The first kappa shape index (κ1) is 15.8. The number of hydrogen-bond donors (Lipinski definition) is 1. The Balaban J connectivity index is 1.91. The molecule has 0 aliphatic carbocycles. The molecule has 0 fully saturated rings. The number of nitrogens with zero attached hydrogens (tertiary/aromatic N) is 2. The number of ether oxygens (including phenoxy) is 2. The van der Waals surface area contributed by atoms with E-state index >= 15 is 0 Å². The maximum atomic E-state index is 12.6. The maximum Gasteiger partial charge on any atom is 0.197 e. The molecule has 2 heterocycles. The number of halogens is 1. The van der Waals surface area contributed by atoms with Crippen molar-refractivity contribution in [3.63, 3.8) is 0 Å². The van der Waals surface area contributed by atoms with Gasteiger partial charge in [0.1, 0.15) is 0 Å². The minimum absolute atomic E-state index is 0.161. The number of nitrogens with one attached hydrogen (secondary N) is 1. The van der Waals surface area contributed by atoms with E-state index in [2.05, 4.69) is 15.0 Å². The quantitative estimate of drug-likeness (QED) is 0.764. The van der Waals surface area contributed by atoms with Crippen molar-refractivity contribution in [2.24, 2.45) is 0 Å². The van der Waals surface area contributed by atoms with E-state index in [0.29, 0.717) is 32.9 Å². The molecule has 0 bridgehead atoms. The van der Waals surface area contributed by atoms with Gasteiger partial charge in [0.25, 0.3) is 0 Å². The van der Waals surface area contributed by atoms with Crippen LogP contribution in [0, 0.1) is 0 Å². The summed E-state index contributed by atoms with van der Waals surface area (Å²) in [6, 6.07) is 6.95. The Labute approximate surface area is 140 Å². The number of hydrogen-bond acceptors (Lipinski definition) is 5. The Morgan fingerprint density at radius 3 is 2.83 bits per heavy atom. The summed E-state index contributed by atoms with van der Waals surface area (Å²) in [6.07, 6.45) is 1.59. The minimum Gasteiger partial charge on any atom is -0.493 e. The van der Waals surface area contributed by atoms with E-state index in [1.165, 1.54) is 7.11 Å². The highest BCUT2D eigenvalue weighted by Gasteiger charge is 2.17. The number of aromatic amines is 1. The van der Waals surface area contributed by atoms with E-state index < -0.39 is 10.8 Å². The van der Waals surface area contributed by atoms with Crippen LogP contribution in [0.4, 0.5) is 0 Å². The number of aromatic nitrogens is 3. The monoisotopic (exact) mass is 351 g/mol. The van der Waals surface area contributed by atoms with E-state index in [1.54, 1.807) is 37.6 Å². The second-order valence-corrected chi connectivity index (χ2v) is 6.49. The molecule has 1 aromatic carbocycles. The maximum absolute atomic E-state index is 12.6. The summed E-state index contributed by atoms with van der Waals surface area (Å²) < 4.78 is 23.1. The fraction of sp³-hybridized carbons (Fsp3) is 0.200. The molecular weight excluding hydrogens is 338 g/mol. The fourth-order valence-corrected chi connectivity index (χ4v) is 3.40. The molecule has 0 spiro atoms. The summed E-state index contributed by atoms with van der Waals surface area (Å²) in [6.45, 7) is 0. The Bertz CT molecular complexity index is 882. The van der Waals surface area contributed by atoms with Gasteiger partial charge in [-0.25, -0.2) is 4.98 Å². The van der Waals surface area contributed by atoms with Gasteiger partial charge in [0.15, 0.2) is 16.7 Å². The summed E-state index contributed by atoms with van der Waals surface area (Å²) >= 11 is 5.95. The molecule has 23 heavy (non-hydrogen) atoms. The summed E-state index contributed by atoms with van der Waals surface area (Å²) in [5, 5.41) is 0.962. The molecular formula is C15H14ClN3O3S. The van der Waals surface area contributed by atoms with Crippen molar-refractivity contribution in [3.8, 4) is 11.5 Å². The predicted octanol–water partition coefficient (Wildman–Crippen LogP) is 2.94. The first-order valence-corrected chi connectivity index (χ1v) is 8.41. The molecule has 2 aromatic heterocycles. The molecule has 0 amide bonds. The Morgan fingerprint density at radius 1 is 1.26 bits per heavy atom. The lowest BCUT2D eigenvalue weighted by Crippen LogP contribution is -2.04. The van der Waals surface area contributed by atoms with E-state index in [9.17, 15) is 4.21 Å². The summed E-state index contributed by atoms with van der Waals surface area (Å²) in [7, 11) is 1.66. The Kier molecular flexibility index (Phi) is 4.49. The molecule has 0 saturated carbocycles. The van der Waals surface area contributed by atoms with Gasteiger partial charge < -0.3 is 14.5 Å². The van der Waals surface area contributed by atoms with Crippen LogP contribution in [0.1, 0.15) is 5.69 Å². The molecule has 3 aromatic rings. The van der Waals surface area contributed by atoms with Crippen LogP contribution < -0.4 is 9.47 Å². The molecule has 3 rings (SSSR count). The minimum atomic E-state index is -1.40. The van der Waals surface area contributed by atoms with Crippen molar-refractivity contribution in [2.75, 3.05) is 14.2 Å². The van der Waals surface area contributed by atoms with Crippen LogP contribution in [0.15, 0.2) is 35.6 Å². The molecule has 8 heteroatoms. The third-order valence-corrected chi connectivity index (χ3v) is 4.67. The molecule has 6 nitrogen and oxygen atoms in total. The molecule has 0 radical (unpaired) electrons. The van der Waals surface area contributed by atoms with E-state index in [-0.39, 0.29) is 5.75 Å². The lowest BCUT2D eigenvalue weighted by Gasteiger charge is -2.10. The predicted molar refractivity (Wildman–Crippen MR) is 88.6 cm³/mol. The number of methoxy groups -OCH3 is 2. The van der Waals surface area contributed by atoms with Crippen LogP contribution in [0.5, 0.6) is 11.5 Å². The third kappa shape index (κ3) is 3.16. The Hall–Kier alpha value is -2.12. The zero-order valence-corrected chi connectivity index (χ0v) is 14.1. The second-order valence-electron chi connectivity index (χ2n) is 4.69. The Morgan fingerprint density at radius 2 is 2.09 bits per heavy atom. The molecule has 1 atom stereocenters. The summed E-state index contributed by atoms with van der Waals surface area (Å²) in [4.78, 5) is 11.6. The highest BCUT2D eigenvalue weighted by molar-refractivity contribution is 7.84. The van der Waals surface area contributed by atoms with Crippen molar-refractivity contribution in [1.29, 1.82) is 0 Å². The van der Waals surface area contributed by atoms with Gasteiger partial charge in [0, 0.05) is 17.3 Å². The zero-order chi connectivity index (χ0) is 16.4. The van der Waals surface area contributed by atoms with Crippen LogP contribution in [-0.2, 0) is 16.6 Å². The van der Waals surface area contributed by atoms with Crippen molar-refractivity contribution in [1.82, 2.24) is 15.0 Å². The zero-order valence-electron chi connectivity index (χ0n) is 12.5.